The summed E-state index contributed by atoms with van der Waals surface area (Å²) in [6, 6.07) is 8.62. The third kappa shape index (κ3) is 5.87. The lowest BCUT2D eigenvalue weighted by Gasteiger charge is -2.31. The molecule has 1 amide bonds. The average molecular weight is 416 g/mol. The molecular formula is C21H25N3O4S. The average Bonchev–Trinajstić information content (AvgIpc) is 2.64. The highest BCUT2D eigenvalue weighted by Crippen LogP contribution is 2.40. The van der Waals surface area contributed by atoms with Gasteiger partial charge in [0.15, 0.2) is 9.84 Å². The first-order valence-electron chi connectivity index (χ1n) is 9.50. The second-order valence-electron chi connectivity index (χ2n) is 7.56. The van der Waals surface area contributed by atoms with Gasteiger partial charge in [-0.15, -0.1) is 0 Å². The van der Waals surface area contributed by atoms with Crippen LogP contribution in [-0.4, -0.2) is 36.6 Å². The molecule has 0 radical (unpaired) electrons. The van der Waals surface area contributed by atoms with Crippen molar-refractivity contribution in [3.05, 3.63) is 59.4 Å². The van der Waals surface area contributed by atoms with Crippen molar-refractivity contribution >= 4 is 15.7 Å². The number of hydrogen-bond acceptors (Lipinski definition) is 6. The van der Waals surface area contributed by atoms with Crippen LogP contribution in [0.4, 0.5) is 0 Å². The van der Waals surface area contributed by atoms with Crippen molar-refractivity contribution in [2.75, 3.05) is 6.26 Å². The zero-order chi connectivity index (χ0) is 21.0. The minimum atomic E-state index is -3.27. The van der Waals surface area contributed by atoms with Gasteiger partial charge in [-0.05, 0) is 37.8 Å². The number of amides is 1. The van der Waals surface area contributed by atoms with Crippen LogP contribution in [0.1, 0.15) is 48.8 Å². The first-order valence-corrected chi connectivity index (χ1v) is 11.5. The first-order chi connectivity index (χ1) is 13.7. The molecule has 0 aliphatic heterocycles. The lowest BCUT2D eigenvalue weighted by molar-refractivity contribution is 0.0943. The zero-order valence-electron chi connectivity index (χ0n) is 16.7. The molecule has 1 fully saturated rings. The van der Waals surface area contributed by atoms with E-state index in [1.54, 1.807) is 19.1 Å². The smallest absolute Gasteiger partial charge is 0.258 e. The molecule has 8 heteroatoms. The van der Waals surface area contributed by atoms with Crippen LogP contribution < -0.4 is 10.1 Å². The second kappa shape index (κ2) is 8.73. The van der Waals surface area contributed by atoms with Crippen molar-refractivity contribution in [1.82, 2.24) is 15.3 Å². The topological polar surface area (TPSA) is 98.2 Å². The normalized spacial score (nSPS) is 20.1. The fourth-order valence-electron chi connectivity index (χ4n) is 3.12. The zero-order valence-corrected chi connectivity index (χ0v) is 17.5. The molecule has 3 rings (SSSR count). The third-order valence-corrected chi connectivity index (χ3v) is 5.34. The summed E-state index contributed by atoms with van der Waals surface area (Å²) >= 11 is 0. The maximum Gasteiger partial charge on any atom is 0.258 e. The van der Waals surface area contributed by atoms with Gasteiger partial charge >= 0.3 is 0 Å². The quantitative estimate of drug-likeness (QED) is 0.744. The Morgan fingerprint density at radius 1 is 1.28 bits per heavy atom. The lowest BCUT2D eigenvalue weighted by atomic mass is 9.76. The highest BCUT2D eigenvalue weighted by atomic mass is 32.2. The molecule has 7 nitrogen and oxygen atoms in total. The number of carbonyl (C=O) groups excluding carboxylic acids is 1. The lowest BCUT2D eigenvalue weighted by Crippen LogP contribution is -2.32. The highest BCUT2D eigenvalue weighted by Gasteiger charge is 2.30. The number of para-hydroxylation sites is 1. The van der Waals surface area contributed by atoms with Gasteiger partial charge in [-0.2, -0.15) is 4.98 Å². The van der Waals surface area contributed by atoms with Crippen molar-refractivity contribution in [2.45, 2.75) is 38.6 Å². The number of ether oxygens (including phenoxy) is 1. The molecule has 1 aliphatic carbocycles. The summed E-state index contributed by atoms with van der Waals surface area (Å²) in [5.41, 5.74) is 0.199. The van der Waals surface area contributed by atoms with Crippen LogP contribution in [0.5, 0.6) is 11.6 Å². The maximum atomic E-state index is 12.8. The Morgan fingerprint density at radius 2 is 1.97 bits per heavy atom. The second-order valence-corrected chi connectivity index (χ2v) is 9.49. The molecule has 0 saturated heterocycles. The van der Waals surface area contributed by atoms with Crippen LogP contribution in [-0.2, 0) is 9.84 Å². The van der Waals surface area contributed by atoms with Crippen molar-refractivity contribution in [3.8, 4) is 11.6 Å². The molecule has 1 N–H and O–H groups in total. The van der Waals surface area contributed by atoms with Crippen LogP contribution >= 0.6 is 0 Å². The van der Waals surface area contributed by atoms with Crippen LogP contribution in [0.25, 0.3) is 0 Å². The van der Waals surface area contributed by atoms with Gasteiger partial charge < -0.3 is 10.1 Å². The van der Waals surface area contributed by atoms with Crippen molar-refractivity contribution < 1.29 is 17.9 Å². The van der Waals surface area contributed by atoms with E-state index in [9.17, 15) is 13.2 Å². The van der Waals surface area contributed by atoms with E-state index >= 15 is 0 Å². The van der Waals surface area contributed by atoms with E-state index in [4.69, 9.17) is 4.74 Å². The Labute approximate surface area is 171 Å². The van der Waals surface area contributed by atoms with Gasteiger partial charge in [0.2, 0.25) is 5.88 Å². The molecule has 0 bridgehead atoms. The number of nitrogens with one attached hydrogen (secondary N) is 1. The van der Waals surface area contributed by atoms with Gasteiger partial charge in [0.1, 0.15) is 17.1 Å². The van der Waals surface area contributed by atoms with E-state index in [2.05, 4.69) is 22.2 Å². The molecular weight excluding hydrogens is 390 g/mol. The summed E-state index contributed by atoms with van der Waals surface area (Å²) in [6.45, 7) is 3.87. The summed E-state index contributed by atoms with van der Waals surface area (Å²) in [5, 5.41) is 3.79. The van der Waals surface area contributed by atoms with Gasteiger partial charge in [0, 0.05) is 29.8 Å². The number of benzene rings is 1. The van der Waals surface area contributed by atoms with E-state index in [0.29, 0.717) is 17.5 Å². The molecule has 1 atom stereocenters. The van der Waals surface area contributed by atoms with E-state index in [0.717, 1.165) is 24.5 Å². The minimum absolute atomic E-state index is 0.192. The van der Waals surface area contributed by atoms with Gasteiger partial charge in [-0.1, -0.05) is 31.2 Å². The maximum absolute atomic E-state index is 12.8. The molecule has 0 spiro atoms. The Bertz CT molecular complexity index is 1000. The Balaban J connectivity index is 1.84. The Morgan fingerprint density at radius 3 is 2.59 bits per heavy atom. The molecule has 1 aromatic carbocycles. The number of nitrogens with zero attached hydrogens (tertiary/aromatic N) is 2. The van der Waals surface area contributed by atoms with Crippen LogP contribution in [0.3, 0.4) is 0 Å². The van der Waals surface area contributed by atoms with Crippen LogP contribution in [0, 0.1) is 5.92 Å². The molecule has 1 unspecified atom stereocenters. The fourth-order valence-corrected chi connectivity index (χ4v) is 3.64. The van der Waals surface area contributed by atoms with Crippen LogP contribution in [0.2, 0.25) is 0 Å². The summed E-state index contributed by atoms with van der Waals surface area (Å²) in [7, 11) is -3.27. The molecule has 29 heavy (non-hydrogen) atoms. The van der Waals surface area contributed by atoms with E-state index in [-0.39, 0.29) is 17.4 Å². The summed E-state index contributed by atoms with van der Waals surface area (Å²) in [5.74, 6) is 1.92. The van der Waals surface area contributed by atoms with Gasteiger partial charge in [-0.25, -0.2) is 13.4 Å². The minimum Gasteiger partial charge on any atom is -0.438 e. The van der Waals surface area contributed by atoms with Crippen molar-refractivity contribution in [1.29, 1.82) is 0 Å². The summed E-state index contributed by atoms with van der Waals surface area (Å²) in [6.07, 6.45) is 6.02. The molecule has 2 aromatic rings. The number of carbonyl (C=O) groups is 1. The largest absolute Gasteiger partial charge is 0.438 e. The SMILES string of the molecule is CC1CC(c2ncc(C(=O)NC(C)/C=C/S(C)(=O)=O)c(Oc3ccccc3)n2)C1. The molecule has 1 heterocycles. The first kappa shape index (κ1) is 21.0. The molecule has 154 valence electrons. The predicted octanol–water partition coefficient (Wildman–Crippen LogP) is 3.46. The van der Waals surface area contributed by atoms with E-state index < -0.39 is 21.8 Å². The van der Waals surface area contributed by atoms with Gasteiger partial charge in [-0.3, -0.25) is 4.79 Å². The number of aromatic nitrogens is 2. The van der Waals surface area contributed by atoms with E-state index in [1.807, 2.05) is 18.2 Å². The monoisotopic (exact) mass is 415 g/mol. The Kier molecular flexibility index (Phi) is 6.32. The fraction of sp³-hybridized carbons (Fsp3) is 0.381. The summed E-state index contributed by atoms with van der Waals surface area (Å²) in [4.78, 5) is 21.7. The molecule has 1 aliphatic rings. The number of rotatable bonds is 7. The number of hydrogen-bond donors (Lipinski definition) is 1. The third-order valence-electron chi connectivity index (χ3n) is 4.69. The van der Waals surface area contributed by atoms with Gasteiger partial charge in [0.25, 0.3) is 5.91 Å². The van der Waals surface area contributed by atoms with E-state index in [1.165, 1.54) is 12.3 Å². The predicted molar refractivity (Wildman–Crippen MR) is 111 cm³/mol. The van der Waals surface area contributed by atoms with Crippen LogP contribution in [0.15, 0.2) is 48.0 Å². The standard InChI is InChI=1S/C21H25N3O4S/c1-14-11-16(12-14)19-22-13-18(20(25)23-15(2)9-10-29(3,26)27)21(24-19)28-17-7-5-4-6-8-17/h4-10,13-16H,11-12H2,1-3H3,(H,23,25)/b10-9+. The number of sulfone groups is 1. The van der Waals surface area contributed by atoms with Crippen molar-refractivity contribution in [2.24, 2.45) is 5.92 Å². The van der Waals surface area contributed by atoms with Crippen molar-refractivity contribution in [3.63, 3.8) is 0 Å². The molecule has 1 saturated carbocycles. The molecule has 1 aromatic heterocycles. The summed E-state index contributed by atoms with van der Waals surface area (Å²) < 4.78 is 28.4. The highest BCUT2D eigenvalue weighted by molar-refractivity contribution is 7.93. The Hall–Kier alpha value is -2.74. The van der Waals surface area contributed by atoms with Gasteiger partial charge in [0.05, 0.1) is 0 Å².